The van der Waals surface area contributed by atoms with Gasteiger partial charge in [-0.05, 0) is 12.8 Å². The number of halogens is 4. The molecule has 1 aliphatic rings. The van der Waals surface area contributed by atoms with Crippen LogP contribution in [-0.2, 0) is 9.05 Å². The Morgan fingerprint density at radius 2 is 1.62 bits per heavy atom. The average Bonchev–Trinajstić information content (AvgIpc) is 1.98. The molecule has 7 heteroatoms. The first-order chi connectivity index (χ1) is 5.84. The minimum absolute atomic E-state index is 0.269. The van der Waals surface area contributed by atoms with Crippen LogP contribution in [0.5, 0.6) is 0 Å². The van der Waals surface area contributed by atoms with Gasteiger partial charge in [0.1, 0.15) is 11.4 Å². The van der Waals surface area contributed by atoms with Crippen LogP contribution in [0.15, 0.2) is 0 Å². The summed E-state index contributed by atoms with van der Waals surface area (Å²) in [7, 11) is 0.722. The largest absolute Gasteiger partial charge is 0.244 e. The second-order valence-corrected chi connectivity index (χ2v) is 5.84. The highest BCUT2D eigenvalue weighted by molar-refractivity contribution is 8.14. The minimum atomic E-state index is -4.14. The second kappa shape index (κ2) is 3.65. The predicted octanol–water partition coefficient (Wildman–Crippen LogP) is 1.73. The van der Waals surface area contributed by atoms with Gasteiger partial charge in [-0.2, -0.15) is 0 Å². The molecule has 1 rings (SSSR count). The molecule has 1 saturated carbocycles. The highest BCUT2D eigenvalue weighted by Crippen LogP contribution is 2.32. The normalized spacial score (nSPS) is 41.8. The molecule has 2 nitrogen and oxygen atoms in total. The molecular formula is C6H8ClF3O2S. The molecule has 0 aromatic carbocycles. The van der Waals surface area contributed by atoms with Gasteiger partial charge in [0, 0.05) is 10.7 Å². The quantitative estimate of drug-likeness (QED) is 0.650. The smallest absolute Gasteiger partial charge is 0.238 e. The highest BCUT2D eigenvalue weighted by Gasteiger charge is 2.45. The summed E-state index contributed by atoms with van der Waals surface area (Å²) in [4.78, 5) is 0. The summed E-state index contributed by atoms with van der Waals surface area (Å²) in [5.41, 5.74) is 0. The fourth-order valence-electron chi connectivity index (χ4n) is 1.34. The molecule has 78 valence electrons. The van der Waals surface area contributed by atoms with E-state index >= 15 is 0 Å². The number of hydrogen-bond acceptors (Lipinski definition) is 2. The first-order valence-corrected chi connectivity index (χ1v) is 6.07. The van der Waals surface area contributed by atoms with Gasteiger partial charge in [-0.1, -0.05) is 0 Å². The molecule has 13 heavy (non-hydrogen) atoms. The first-order valence-electron chi connectivity index (χ1n) is 3.69. The van der Waals surface area contributed by atoms with Crippen LogP contribution in [0.25, 0.3) is 0 Å². The highest BCUT2D eigenvalue weighted by atomic mass is 35.7. The van der Waals surface area contributed by atoms with E-state index in [0.717, 1.165) is 0 Å². The van der Waals surface area contributed by atoms with E-state index in [4.69, 9.17) is 10.7 Å². The predicted molar refractivity (Wildman–Crippen MR) is 42.5 cm³/mol. The van der Waals surface area contributed by atoms with Crippen molar-refractivity contribution in [1.29, 1.82) is 0 Å². The molecule has 0 bridgehead atoms. The van der Waals surface area contributed by atoms with Crippen LogP contribution in [0.4, 0.5) is 13.2 Å². The topological polar surface area (TPSA) is 34.1 Å². The summed E-state index contributed by atoms with van der Waals surface area (Å²) in [5.74, 6) is 0. The Labute approximate surface area is 78.5 Å². The summed E-state index contributed by atoms with van der Waals surface area (Å²) < 4.78 is 59.5. The van der Waals surface area contributed by atoms with Crippen LogP contribution in [-0.4, -0.2) is 32.2 Å². The second-order valence-electron chi connectivity index (χ2n) is 3.00. The maximum absolute atomic E-state index is 12.9. The van der Waals surface area contributed by atoms with Crippen molar-refractivity contribution in [1.82, 2.24) is 0 Å². The zero-order valence-corrected chi connectivity index (χ0v) is 8.03. The lowest BCUT2D eigenvalue weighted by molar-refractivity contribution is 0.0464. The lowest BCUT2D eigenvalue weighted by Gasteiger charge is -2.28. The molecule has 0 amide bonds. The van der Waals surface area contributed by atoms with E-state index in [-0.39, 0.29) is 12.8 Å². The van der Waals surface area contributed by atoms with Gasteiger partial charge in [-0.25, -0.2) is 21.6 Å². The Hall–Kier alpha value is 0.0300. The van der Waals surface area contributed by atoms with Crippen LogP contribution in [0.2, 0.25) is 0 Å². The summed E-state index contributed by atoms with van der Waals surface area (Å²) in [5, 5.41) is -1.61. The van der Waals surface area contributed by atoms with Crippen molar-refractivity contribution in [2.24, 2.45) is 0 Å². The van der Waals surface area contributed by atoms with Crippen LogP contribution < -0.4 is 0 Å². The third-order valence-electron chi connectivity index (χ3n) is 2.09. The van der Waals surface area contributed by atoms with Gasteiger partial charge in [-0.15, -0.1) is 0 Å². The zero-order chi connectivity index (χ0) is 10.2. The summed E-state index contributed by atoms with van der Waals surface area (Å²) in [6.07, 6.45) is -7.24. The van der Waals surface area contributed by atoms with Crippen LogP contribution in [0.3, 0.4) is 0 Å². The molecule has 0 N–H and O–H groups in total. The van der Waals surface area contributed by atoms with Crippen molar-refractivity contribution in [3.63, 3.8) is 0 Å². The maximum atomic E-state index is 12.9. The van der Waals surface area contributed by atoms with E-state index in [0.29, 0.717) is 0 Å². The average molecular weight is 237 g/mol. The molecule has 0 radical (unpaired) electrons. The fraction of sp³-hybridized carbons (Fsp3) is 1.00. The van der Waals surface area contributed by atoms with E-state index < -0.39 is 32.8 Å². The van der Waals surface area contributed by atoms with Gasteiger partial charge in [0.25, 0.3) is 0 Å². The summed E-state index contributed by atoms with van der Waals surface area (Å²) in [6.45, 7) is 0. The monoisotopic (exact) mass is 236 g/mol. The maximum Gasteiger partial charge on any atom is 0.238 e. The van der Waals surface area contributed by atoms with Crippen molar-refractivity contribution >= 4 is 19.7 Å². The molecule has 0 spiro atoms. The van der Waals surface area contributed by atoms with Gasteiger partial charge >= 0.3 is 0 Å². The van der Waals surface area contributed by atoms with Gasteiger partial charge in [-0.3, -0.25) is 0 Å². The Bertz CT molecular complexity index is 282. The van der Waals surface area contributed by atoms with Gasteiger partial charge in [0.05, 0.1) is 0 Å². The number of alkyl halides is 3. The molecule has 0 saturated heterocycles. The van der Waals surface area contributed by atoms with Crippen molar-refractivity contribution in [3.8, 4) is 0 Å². The first kappa shape index (κ1) is 11.1. The third-order valence-corrected chi connectivity index (χ3v) is 4.00. The molecule has 1 fully saturated rings. The van der Waals surface area contributed by atoms with Crippen LogP contribution in [0.1, 0.15) is 12.8 Å². The molecule has 0 aliphatic heterocycles. The summed E-state index contributed by atoms with van der Waals surface area (Å²) >= 11 is 0. The van der Waals surface area contributed by atoms with Gasteiger partial charge in [0.2, 0.25) is 9.05 Å². The number of hydrogen-bond donors (Lipinski definition) is 0. The Kier molecular flexibility index (Phi) is 3.12. The molecule has 0 aromatic rings. The van der Waals surface area contributed by atoms with Crippen LogP contribution >= 0.6 is 10.7 Å². The van der Waals surface area contributed by atoms with E-state index in [1.807, 2.05) is 0 Å². The molecule has 0 aromatic heterocycles. The fourth-order valence-corrected chi connectivity index (χ4v) is 2.78. The molecule has 1 aliphatic carbocycles. The Morgan fingerprint density at radius 3 is 2.08 bits per heavy atom. The van der Waals surface area contributed by atoms with Crippen molar-refractivity contribution in [2.45, 2.75) is 36.6 Å². The lowest BCUT2D eigenvalue weighted by atomic mass is 9.95. The number of rotatable bonds is 1. The third kappa shape index (κ3) is 2.28. The molecule has 0 heterocycles. The van der Waals surface area contributed by atoms with E-state index in [9.17, 15) is 21.6 Å². The van der Waals surface area contributed by atoms with Gasteiger partial charge in [0.15, 0.2) is 12.3 Å². The summed E-state index contributed by atoms with van der Waals surface area (Å²) in [6, 6.07) is 0. The lowest BCUT2D eigenvalue weighted by Crippen LogP contribution is -2.44. The molecule has 4 unspecified atom stereocenters. The van der Waals surface area contributed by atoms with E-state index in [2.05, 4.69) is 0 Å². The Morgan fingerprint density at radius 1 is 1.08 bits per heavy atom. The van der Waals surface area contributed by atoms with Crippen molar-refractivity contribution < 1.29 is 21.6 Å². The zero-order valence-electron chi connectivity index (χ0n) is 6.46. The van der Waals surface area contributed by atoms with E-state index in [1.54, 1.807) is 0 Å². The Balaban J connectivity index is 2.82. The van der Waals surface area contributed by atoms with Gasteiger partial charge < -0.3 is 0 Å². The van der Waals surface area contributed by atoms with Crippen LogP contribution in [0, 0.1) is 0 Å². The van der Waals surface area contributed by atoms with Crippen molar-refractivity contribution in [2.75, 3.05) is 0 Å². The molecular weight excluding hydrogens is 229 g/mol. The SMILES string of the molecule is O=S(=O)(Cl)C1CCC(F)C(F)C1F. The molecule has 4 atom stereocenters. The standard InChI is InChI=1S/C6H8ClF3O2S/c7-13(11,12)4-2-1-3(8)5(9)6(4)10/h3-6H,1-2H2. The van der Waals surface area contributed by atoms with E-state index in [1.165, 1.54) is 0 Å². The minimum Gasteiger partial charge on any atom is -0.244 e. The van der Waals surface area contributed by atoms with Crippen molar-refractivity contribution in [3.05, 3.63) is 0 Å².